The average molecular weight is 222 g/mol. The van der Waals surface area contributed by atoms with Gasteiger partial charge in [0, 0.05) is 6.54 Å². The summed E-state index contributed by atoms with van der Waals surface area (Å²) in [7, 11) is 0. The number of hydrogen-bond donors (Lipinski definition) is 2. The van der Waals surface area contributed by atoms with Crippen LogP contribution in [0.1, 0.15) is 26.2 Å². The van der Waals surface area contributed by atoms with Crippen molar-refractivity contribution < 1.29 is 4.39 Å². The summed E-state index contributed by atoms with van der Waals surface area (Å²) >= 11 is 0. The first-order chi connectivity index (χ1) is 7.72. The highest BCUT2D eigenvalue weighted by Crippen LogP contribution is 2.43. The molecule has 2 nitrogen and oxygen atoms in total. The second-order valence-electron chi connectivity index (χ2n) is 4.59. The van der Waals surface area contributed by atoms with Gasteiger partial charge in [-0.1, -0.05) is 19.1 Å². The zero-order valence-corrected chi connectivity index (χ0v) is 9.67. The minimum absolute atomic E-state index is 0.123. The Bertz CT molecular complexity index is 357. The number of rotatable bonds is 5. The van der Waals surface area contributed by atoms with Gasteiger partial charge in [0.15, 0.2) is 0 Å². The van der Waals surface area contributed by atoms with E-state index in [0.717, 1.165) is 6.42 Å². The van der Waals surface area contributed by atoms with E-state index in [1.165, 1.54) is 18.9 Å². The molecular weight excluding hydrogens is 203 g/mol. The Labute approximate surface area is 96.0 Å². The fourth-order valence-corrected chi connectivity index (χ4v) is 2.31. The van der Waals surface area contributed by atoms with Crippen LogP contribution in [0.4, 0.5) is 10.1 Å². The van der Waals surface area contributed by atoms with Crippen molar-refractivity contribution in [3.8, 4) is 0 Å². The molecule has 0 heterocycles. The summed E-state index contributed by atoms with van der Waals surface area (Å²) in [5, 5.41) is 3.32. The van der Waals surface area contributed by atoms with E-state index in [9.17, 15) is 4.39 Å². The van der Waals surface area contributed by atoms with Crippen molar-refractivity contribution in [3.63, 3.8) is 0 Å². The fraction of sp³-hybridized carbons (Fsp3) is 0.538. The molecule has 1 unspecified atom stereocenters. The molecule has 1 atom stereocenters. The molecule has 0 radical (unpaired) electrons. The van der Waals surface area contributed by atoms with Gasteiger partial charge in [-0.05, 0) is 37.3 Å². The van der Waals surface area contributed by atoms with E-state index in [-0.39, 0.29) is 11.4 Å². The molecule has 1 aliphatic carbocycles. The van der Waals surface area contributed by atoms with Gasteiger partial charge in [0.05, 0.1) is 11.2 Å². The summed E-state index contributed by atoms with van der Waals surface area (Å²) in [6, 6.07) is 6.80. The van der Waals surface area contributed by atoms with Crippen molar-refractivity contribution in [2.75, 3.05) is 11.9 Å². The second kappa shape index (κ2) is 4.42. The fourth-order valence-electron chi connectivity index (χ4n) is 2.31. The highest BCUT2D eigenvalue weighted by Gasteiger charge is 2.43. The van der Waals surface area contributed by atoms with Gasteiger partial charge in [-0.25, -0.2) is 4.39 Å². The van der Waals surface area contributed by atoms with Gasteiger partial charge in [0.1, 0.15) is 5.82 Å². The summed E-state index contributed by atoms with van der Waals surface area (Å²) in [5.41, 5.74) is 6.32. The first kappa shape index (κ1) is 11.4. The lowest BCUT2D eigenvalue weighted by Gasteiger charge is -2.34. The normalized spacial score (nSPS) is 19.2. The van der Waals surface area contributed by atoms with Gasteiger partial charge in [0.2, 0.25) is 0 Å². The molecule has 1 aromatic carbocycles. The molecule has 16 heavy (non-hydrogen) atoms. The number of hydrogen-bond acceptors (Lipinski definition) is 2. The Balaban J connectivity index is 2.20. The van der Waals surface area contributed by atoms with Crippen LogP contribution in [0.3, 0.4) is 0 Å². The predicted molar refractivity (Wildman–Crippen MR) is 64.8 cm³/mol. The maximum Gasteiger partial charge on any atom is 0.146 e. The molecule has 1 aliphatic rings. The largest absolute Gasteiger partial charge is 0.376 e. The highest BCUT2D eigenvalue weighted by molar-refractivity contribution is 5.47. The predicted octanol–water partition coefficient (Wildman–Crippen LogP) is 2.76. The van der Waals surface area contributed by atoms with Gasteiger partial charge in [-0.15, -0.1) is 0 Å². The molecule has 0 aliphatic heterocycles. The number of anilines is 1. The second-order valence-corrected chi connectivity index (χ2v) is 4.59. The van der Waals surface area contributed by atoms with Crippen molar-refractivity contribution in [1.29, 1.82) is 0 Å². The number of benzene rings is 1. The molecule has 0 amide bonds. The zero-order chi connectivity index (χ0) is 11.6. The molecule has 88 valence electrons. The quantitative estimate of drug-likeness (QED) is 0.804. The van der Waals surface area contributed by atoms with Crippen LogP contribution in [0.5, 0.6) is 0 Å². The molecule has 1 aromatic rings. The van der Waals surface area contributed by atoms with Crippen LogP contribution < -0.4 is 11.1 Å². The van der Waals surface area contributed by atoms with Gasteiger partial charge in [0.25, 0.3) is 0 Å². The van der Waals surface area contributed by atoms with Crippen LogP contribution in [0.25, 0.3) is 0 Å². The third-order valence-electron chi connectivity index (χ3n) is 3.61. The standard InChI is InChI=1S/C13H19FN2/c1-2-13(9-15,10-7-8-10)16-12-6-4-3-5-11(12)14/h3-6,10,16H,2,7-9,15H2,1H3. The molecule has 3 N–H and O–H groups in total. The Morgan fingerprint density at radius 3 is 2.62 bits per heavy atom. The monoisotopic (exact) mass is 222 g/mol. The Hall–Kier alpha value is -1.09. The van der Waals surface area contributed by atoms with Crippen LogP contribution in [0, 0.1) is 11.7 Å². The zero-order valence-electron chi connectivity index (χ0n) is 9.67. The molecule has 1 saturated carbocycles. The summed E-state index contributed by atoms with van der Waals surface area (Å²) in [6.07, 6.45) is 3.33. The molecular formula is C13H19FN2. The Morgan fingerprint density at radius 2 is 2.12 bits per heavy atom. The lowest BCUT2D eigenvalue weighted by Crippen LogP contribution is -2.47. The molecule has 0 saturated heterocycles. The van der Waals surface area contributed by atoms with E-state index < -0.39 is 0 Å². The Kier molecular flexibility index (Phi) is 3.15. The van der Waals surface area contributed by atoms with Crippen molar-refractivity contribution in [2.24, 2.45) is 11.7 Å². The maximum absolute atomic E-state index is 13.6. The van der Waals surface area contributed by atoms with Gasteiger partial charge in [-0.3, -0.25) is 0 Å². The topological polar surface area (TPSA) is 38.0 Å². The van der Waals surface area contributed by atoms with Crippen molar-refractivity contribution in [3.05, 3.63) is 30.1 Å². The van der Waals surface area contributed by atoms with E-state index in [2.05, 4.69) is 12.2 Å². The maximum atomic E-state index is 13.6. The highest BCUT2D eigenvalue weighted by atomic mass is 19.1. The van der Waals surface area contributed by atoms with Crippen molar-refractivity contribution >= 4 is 5.69 Å². The number of halogens is 1. The van der Waals surface area contributed by atoms with Crippen molar-refractivity contribution in [2.45, 2.75) is 31.7 Å². The van der Waals surface area contributed by atoms with E-state index >= 15 is 0 Å². The van der Waals surface area contributed by atoms with E-state index in [1.54, 1.807) is 12.1 Å². The van der Waals surface area contributed by atoms with Gasteiger partial charge >= 0.3 is 0 Å². The first-order valence-electron chi connectivity index (χ1n) is 5.94. The number of nitrogens with two attached hydrogens (primary N) is 1. The van der Waals surface area contributed by atoms with E-state index in [1.807, 2.05) is 6.07 Å². The summed E-state index contributed by atoms with van der Waals surface area (Å²) < 4.78 is 13.6. The lowest BCUT2D eigenvalue weighted by molar-refractivity contribution is 0.402. The van der Waals surface area contributed by atoms with Crippen LogP contribution >= 0.6 is 0 Å². The number of para-hydroxylation sites is 1. The minimum Gasteiger partial charge on any atom is -0.376 e. The SMILES string of the molecule is CCC(CN)(Nc1ccccc1F)C1CC1. The lowest BCUT2D eigenvalue weighted by atomic mass is 9.89. The summed E-state index contributed by atoms with van der Waals surface area (Å²) in [6.45, 7) is 2.67. The van der Waals surface area contributed by atoms with Crippen LogP contribution in [0.2, 0.25) is 0 Å². The van der Waals surface area contributed by atoms with Crippen LogP contribution in [-0.4, -0.2) is 12.1 Å². The third-order valence-corrected chi connectivity index (χ3v) is 3.61. The molecule has 2 rings (SSSR count). The number of nitrogens with one attached hydrogen (secondary N) is 1. The molecule has 1 fully saturated rings. The molecule has 0 aromatic heterocycles. The first-order valence-corrected chi connectivity index (χ1v) is 5.94. The van der Waals surface area contributed by atoms with Crippen molar-refractivity contribution in [1.82, 2.24) is 0 Å². The van der Waals surface area contributed by atoms with E-state index in [4.69, 9.17) is 5.73 Å². The molecule has 0 spiro atoms. The van der Waals surface area contributed by atoms with Crippen LogP contribution in [-0.2, 0) is 0 Å². The van der Waals surface area contributed by atoms with Gasteiger partial charge < -0.3 is 11.1 Å². The van der Waals surface area contributed by atoms with Gasteiger partial charge in [-0.2, -0.15) is 0 Å². The van der Waals surface area contributed by atoms with E-state index in [0.29, 0.717) is 18.2 Å². The molecule has 0 bridgehead atoms. The summed E-state index contributed by atoms with van der Waals surface area (Å²) in [5.74, 6) is 0.400. The molecule has 3 heteroatoms. The Morgan fingerprint density at radius 1 is 1.44 bits per heavy atom. The smallest absolute Gasteiger partial charge is 0.146 e. The average Bonchev–Trinajstić information content (AvgIpc) is 3.13. The summed E-state index contributed by atoms with van der Waals surface area (Å²) in [4.78, 5) is 0. The minimum atomic E-state index is -0.200. The van der Waals surface area contributed by atoms with Crippen LogP contribution in [0.15, 0.2) is 24.3 Å². The third kappa shape index (κ3) is 2.05.